The van der Waals surface area contributed by atoms with Crippen molar-refractivity contribution < 1.29 is 84.1 Å². The number of unbranched alkanes of at least 4 members (excludes halogenated alkanes) is 46. The van der Waals surface area contributed by atoms with Gasteiger partial charge >= 0.3 is 39.5 Å². The van der Waals surface area contributed by atoms with Crippen molar-refractivity contribution in [3.05, 3.63) is 0 Å². The van der Waals surface area contributed by atoms with Crippen molar-refractivity contribution in [1.82, 2.24) is 0 Å². The van der Waals surface area contributed by atoms with Gasteiger partial charge in [0.05, 0.1) is 55.5 Å². The summed E-state index contributed by atoms with van der Waals surface area (Å²) in [6, 6.07) is 0. The summed E-state index contributed by atoms with van der Waals surface area (Å²) in [5.41, 5.74) is 0. The third kappa shape index (κ3) is 75.9. The maximum absolute atomic E-state index is 12.9. The van der Waals surface area contributed by atoms with Crippen LogP contribution in [0, 0.1) is 0 Å². The van der Waals surface area contributed by atoms with E-state index in [1.54, 1.807) is 0 Å². The zero-order valence-electron chi connectivity index (χ0n) is 65.2. The van der Waals surface area contributed by atoms with Gasteiger partial charge in [0.2, 0.25) is 0 Å². The Balaban J connectivity index is 4.05. The molecule has 0 radical (unpaired) electrons. The molecule has 18 nitrogen and oxygen atoms in total. The van der Waals surface area contributed by atoms with Gasteiger partial charge in [0.25, 0.3) is 0 Å². The Morgan fingerprint density at radius 3 is 0.747 bits per heavy atom. The molecule has 4 atom stereocenters. The molecule has 0 saturated heterocycles. The highest BCUT2D eigenvalue weighted by Gasteiger charge is 2.29. The molecule has 0 bridgehead atoms. The Morgan fingerprint density at radius 2 is 0.515 bits per heavy atom. The third-order valence-corrected chi connectivity index (χ3v) is 21.3. The molecule has 0 fully saturated rings. The van der Waals surface area contributed by atoms with Gasteiger partial charge in [-0.05, 0) is 50.0 Å². The summed E-state index contributed by atoms with van der Waals surface area (Å²) in [6.45, 7) is 4.23. The summed E-state index contributed by atoms with van der Waals surface area (Å²) in [6.07, 6.45) is 58.9. The van der Waals surface area contributed by atoms with Gasteiger partial charge in [0, 0.05) is 25.7 Å². The number of nitrogens with zero attached hydrogens (tertiary/aromatic N) is 2. The van der Waals surface area contributed by atoms with Gasteiger partial charge in [-0.2, -0.15) is 11.8 Å². The second-order valence-corrected chi connectivity index (χ2v) is 34.5. The van der Waals surface area contributed by atoms with Gasteiger partial charge < -0.3 is 37.7 Å². The summed E-state index contributed by atoms with van der Waals surface area (Å²) in [5, 5.41) is 0. The van der Waals surface area contributed by atoms with Gasteiger partial charge in [-0.25, -0.2) is 9.13 Å². The van der Waals surface area contributed by atoms with E-state index in [0.717, 1.165) is 77.0 Å². The zero-order chi connectivity index (χ0) is 73.1. The van der Waals surface area contributed by atoms with Crippen LogP contribution >= 0.6 is 27.4 Å². The van der Waals surface area contributed by atoms with Crippen LogP contribution in [0.4, 0.5) is 0 Å². The van der Waals surface area contributed by atoms with Gasteiger partial charge in [-0.3, -0.25) is 37.3 Å². The van der Waals surface area contributed by atoms with Crippen LogP contribution in [0.15, 0.2) is 0 Å². The highest BCUT2D eigenvalue weighted by molar-refractivity contribution is 7.99. The fourth-order valence-corrected chi connectivity index (χ4v) is 14.2. The number of phosphoric ester groups is 2. The minimum absolute atomic E-state index is 0.0215. The minimum Gasteiger partial charge on any atom is -0.462 e. The number of quaternary nitrogens is 2. The molecule has 0 spiro atoms. The lowest BCUT2D eigenvalue weighted by Gasteiger charge is -2.24. The highest BCUT2D eigenvalue weighted by atomic mass is 32.2. The van der Waals surface area contributed by atoms with E-state index in [-0.39, 0.29) is 64.0 Å². The molecule has 0 saturated carbocycles. The minimum atomic E-state index is -4.40. The van der Waals surface area contributed by atoms with Crippen LogP contribution in [0.25, 0.3) is 0 Å². The number of hydrogen-bond donors (Lipinski definition) is 2. The molecule has 2 unspecified atom stereocenters. The number of carbonyl (C=O) groups is 4. The largest absolute Gasteiger partial charge is 0.472 e. The first-order valence-corrected chi connectivity index (χ1v) is 44.8. The van der Waals surface area contributed by atoms with Crippen LogP contribution in [0.1, 0.15) is 361 Å². The van der Waals surface area contributed by atoms with Gasteiger partial charge in [0.1, 0.15) is 39.5 Å². The molecule has 0 rings (SSSR count). The van der Waals surface area contributed by atoms with E-state index in [4.69, 9.17) is 37.0 Å². The number of likely N-dealkylation sites (N-methyl/N-ethyl adjacent to an activating group) is 2. The molecule has 0 aliphatic carbocycles. The molecule has 0 heterocycles. The molecule has 0 aromatic rings. The third-order valence-electron chi connectivity index (χ3n) is 18.1. The standard InChI is InChI=1S/C78H154N2O16P2S/c1-9-11-13-15-17-19-21-24-30-36-42-48-54-60-76(82)90-70-74(72-94-98(87,88)92-66-64-80(6,7)8)96-78(84)62-56-50-44-38-32-26-23-28-34-40-46-52-58-68-99-67-57-51-45-39-33-27-22-25-31-37-43-49-55-61-77(83)95-73(71-93-97(85,86)91-65-63-79(3,4)5)69-89-75(81)59-53-47-41-35-29-20-18-16-14-12-10-2/h73-74H,9-72H2,1-8H3/p+2/t73-,74+/m0/s1. The maximum Gasteiger partial charge on any atom is 0.472 e. The lowest BCUT2D eigenvalue weighted by atomic mass is 10.0. The lowest BCUT2D eigenvalue weighted by molar-refractivity contribution is -0.870. The summed E-state index contributed by atoms with van der Waals surface area (Å²) in [7, 11) is 2.90. The van der Waals surface area contributed by atoms with E-state index in [1.807, 2.05) is 42.3 Å². The molecular formula is C78H156N2O16P2S+2. The van der Waals surface area contributed by atoms with E-state index in [2.05, 4.69) is 25.6 Å². The Kier molecular flexibility index (Phi) is 67.1. The lowest BCUT2D eigenvalue weighted by Crippen LogP contribution is -2.37. The molecule has 99 heavy (non-hydrogen) atoms. The Morgan fingerprint density at radius 1 is 0.303 bits per heavy atom. The smallest absolute Gasteiger partial charge is 0.462 e. The predicted octanol–water partition coefficient (Wildman–Crippen LogP) is 21.4. The Bertz CT molecular complexity index is 1960. The van der Waals surface area contributed by atoms with Crippen LogP contribution in [-0.4, -0.2) is 161 Å². The van der Waals surface area contributed by atoms with Crippen molar-refractivity contribution in [1.29, 1.82) is 0 Å². The Hall–Kier alpha value is -1.63. The number of esters is 4. The summed E-state index contributed by atoms with van der Waals surface area (Å²) in [5.74, 6) is 0.942. The van der Waals surface area contributed by atoms with Gasteiger partial charge in [-0.15, -0.1) is 0 Å². The topological polar surface area (TPSA) is 217 Å². The van der Waals surface area contributed by atoms with Crippen molar-refractivity contribution in [3.63, 3.8) is 0 Å². The fraction of sp³-hybridized carbons (Fsp3) is 0.949. The van der Waals surface area contributed by atoms with Crippen molar-refractivity contribution in [3.8, 4) is 0 Å². The van der Waals surface area contributed by atoms with E-state index in [1.165, 1.54) is 243 Å². The SMILES string of the molecule is CCCCCCCCCCCCCCCC(=O)OC[C@H](COP(=O)(O)OCC[N+](C)(C)C)OC(=O)CCCCCCCCCCCCCCCSCCCCCCCCCCCCCCCC(=O)O[C@@H](COC(=O)CCCCCCCCCCCCC)COP(=O)(O)OCC[N+](C)(C)C. The van der Waals surface area contributed by atoms with Crippen molar-refractivity contribution >= 4 is 51.3 Å². The number of thioether (sulfide) groups is 1. The molecule has 2 N–H and O–H groups in total. The number of ether oxygens (including phenoxy) is 4. The van der Waals surface area contributed by atoms with Crippen molar-refractivity contribution in [2.45, 2.75) is 373 Å². The Labute approximate surface area is 611 Å². The number of phosphoric acid groups is 2. The van der Waals surface area contributed by atoms with Gasteiger partial charge in [0.15, 0.2) is 12.2 Å². The number of rotatable bonds is 78. The van der Waals surface area contributed by atoms with Crippen molar-refractivity contribution in [2.75, 3.05) is 107 Å². The average molecular weight is 1470 g/mol. The fourth-order valence-electron chi connectivity index (χ4n) is 11.7. The van der Waals surface area contributed by atoms with Crippen LogP contribution < -0.4 is 0 Å². The normalized spacial score (nSPS) is 13.8. The van der Waals surface area contributed by atoms with Crippen LogP contribution in [0.5, 0.6) is 0 Å². The molecular weight excluding hydrogens is 1310 g/mol. The van der Waals surface area contributed by atoms with E-state index in [9.17, 15) is 38.1 Å². The monoisotopic (exact) mass is 1470 g/mol. The predicted molar refractivity (Wildman–Crippen MR) is 409 cm³/mol. The molecule has 588 valence electrons. The molecule has 0 amide bonds. The molecule has 0 aromatic heterocycles. The zero-order valence-corrected chi connectivity index (χ0v) is 67.8. The van der Waals surface area contributed by atoms with E-state index in [0.29, 0.717) is 34.9 Å². The van der Waals surface area contributed by atoms with Crippen LogP contribution in [0.2, 0.25) is 0 Å². The molecule has 0 aliphatic rings. The van der Waals surface area contributed by atoms with E-state index >= 15 is 0 Å². The summed E-state index contributed by atoms with van der Waals surface area (Å²) < 4.78 is 69.2. The number of hydrogen-bond acceptors (Lipinski definition) is 15. The summed E-state index contributed by atoms with van der Waals surface area (Å²) >= 11 is 2.13. The first-order chi connectivity index (χ1) is 47.6. The highest BCUT2D eigenvalue weighted by Crippen LogP contribution is 2.44. The first kappa shape index (κ1) is 97.4. The second kappa shape index (κ2) is 68.2. The molecule has 0 aliphatic heterocycles. The quantitative estimate of drug-likeness (QED) is 0.0190. The summed E-state index contributed by atoms with van der Waals surface area (Å²) in [4.78, 5) is 71.5. The van der Waals surface area contributed by atoms with Crippen molar-refractivity contribution in [2.24, 2.45) is 0 Å². The molecule has 21 heteroatoms. The van der Waals surface area contributed by atoms with Crippen LogP contribution in [-0.2, 0) is 65.4 Å². The van der Waals surface area contributed by atoms with E-state index < -0.39 is 53.0 Å². The maximum atomic E-state index is 12.9. The second-order valence-electron chi connectivity index (χ2n) is 30.4. The van der Waals surface area contributed by atoms with Gasteiger partial charge in [-0.1, -0.05) is 296 Å². The first-order valence-electron chi connectivity index (χ1n) is 40.7. The molecule has 0 aromatic carbocycles. The average Bonchev–Trinajstić information content (AvgIpc) is 1.01. The number of carbonyl (C=O) groups excluding carboxylic acids is 4. The van der Waals surface area contributed by atoms with Crippen LogP contribution in [0.3, 0.4) is 0 Å².